The lowest BCUT2D eigenvalue weighted by Crippen LogP contribution is -2.47. The second-order valence-electron chi connectivity index (χ2n) is 9.73. The van der Waals surface area contributed by atoms with E-state index in [-0.39, 0.29) is 11.9 Å². The summed E-state index contributed by atoms with van der Waals surface area (Å²) in [5.41, 5.74) is 3.32. The van der Waals surface area contributed by atoms with Crippen LogP contribution >= 0.6 is 15.9 Å². The molecule has 0 heterocycles. The largest absolute Gasteiger partial charge is 0.542 e. The highest BCUT2D eigenvalue weighted by Crippen LogP contribution is 2.45. The zero-order valence-corrected chi connectivity index (χ0v) is 23.8. The topological polar surface area (TPSA) is 35.5 Å². The second-order valence-corrected chi connectivity index (χ2v) is 16.0. The number of rotatable bonds is 10. The summed E-state index contributed by atoms with van der Waals surface area (Å²) in [6.07, 6.45) is 2.13. The first-order valence-corrected chi connectivity index (χ1v) is 14.8. The van der Waals surface area contributed by atoms with Gasteiger partial charge in [-0.3, -0.25) is 4.79 Å². The first kappa shape index (κ1) is 27.4. The van der Waals surface area contributed by atoms with Crippen LogP contribution in [-0.2, 0) is 14.0 Å². The van der Waals surface area contributed by atoms with Crippen molar-refractivity contribution < 1.29 is 14.0 Å². The highest BCUT2D eigenvalue weighted by Gasteiger charge is 2.47. The van der Waals surface area contributed by atoms with Gasteiger partial charge in [-0.2, -0.15) is 0 Å². The number of ether oxygens (including phenoxy) is 1. The molecule has 0 radical (unpaired) electrons. The van der Waals surface area contributed by atoms with Gasteiger partial charge in [-0.05, 0) is 46.3 Å². The van der Waals surface area contributed by atoms with Crippen LogP contribution in [-0.4, -0.2) is 21.4 Å². The molecule has 2 aromatic carbocycles. The maximum Gasteiger partial charge on any atom is 0.313 e. The van der Waals surface area contributed by atoms with Crippen molar-refractivity contribution >= 4 is 36.0 Å². The van der Waals surface area contributed by atoms with E-state index >= 15 is 0 Å². The molecule has 0 unspecified atom stereocenters. The third-order valence-corrected chi connectivity index (χ3v) is 13.2. The van der Waals surface area contributed by atoms with Crippen LogP contribution < -0.4 is 0 Å². The lowest BCUT2D eigenvalue weighted by Gasteiger charge is -2.43. The van der Waals surface area contributed by atoms with Gasteiger partial charge < -0.3 is 9.16 Å². The molecule has 180 valence electrons. The number of esters is 1. The molecule has 33 heavy (non-hydrogen) atoms. The Bertz CT molecular complexity index is 898. The summed E-state index contributed by atoms with van der Waals surface area (Å²) in [4.78, 5) is 12.9. The number of hydrogen-bond acceptors (Lipinski definition) is 3. The fraction of sp³-hybridized carbons (Fsp3) is 0.464. The normalized spacial score (nSPS) is 14.5. The quantitative estimate of drug-likeness (QED) is 0.175. The zero-order valence-electron chi connectivity index (χ0n) is 21.3. The van der Waals surface area contributed by atoms with Crippen LogP contribution in [0.1, 0.15) is 65.5 Å². The average Bonchev–Trinajstić information content (AvgIpc) is 2.77. The van der Waals surface area contributed by atoms with Crippen molar-refractivity contribution in [2.45, 2.75) is 71.0 Å². The second kappa shape index (κ2) is 12.0. The van der Waals surface area contributed by atoms with Crippen molar-refractivity contribution in [1.82, 2.24) is 0 Å². The molecule has 0 saturated heterocycles. The molecular formula is C28H39BrO3Si. The van der Waals surface area contributed by atoms with Crippen molar-refractivity contribution in [3.8, 4) is 0 Å². The SMILES string of the molecule is COC(=O)[C@@H](c1ccc(Br)cc1)[C@H](C)/C=C(\O[Si](C(C)C)(C(C)C)C(C)C)c1ccccc1. The van der Waals surface area contributed by atoms with Gasteiger partial charge in [0.25, 0.3) is 8.32 Å². The van der Waals surface area contributed by atoms with E-state index in [1.54, 1.807) is 0 Å². The molecule has 0 amide bonds. The minimum atomic E-state index is -2.19. The van der Waals surface area contributed by atoms with Gasteiger partial charge in [0.1, 0.15) is 5.76 Å². The molecular weight excluding hydrogens is 492 g/mol. The molecule has 5 heteroatoms. The van der Waals surface area contributed by atoms with Crippen molar-refractivity contribution in [2.24, 2.45) is 5.92 Å². The minimum absolute atomic E-state index is 0.119. The molecule has 0 N–H and O–H groups in total. The maximum atomic E-state index is 12.9. The standard InChI is InChI=1S/C28H39BrO3Si/c1-19(2)33(20(3)4,21(5)6)32-26(23-12-10-9-11-13-23)18-22(7)27(28(30)31-8)24-14-16-25(29)17-15-24/h9-22,27H,1-8H3/b26-18-/t22-,27-/m1/s1. The van der Waals surface area contributed by atoms with E-state index in [2.05, 4.69) is 82.6 Å². The predicted molar refractivity (Wildman–Crippen MR) is 145 cm³/mol. The Morgan fingerprint density at radius 1 is 0.848 bits per heavy atom. The highest BCUT2D eigenvalue weighted by atomic mass is 79.9. The molecule has 0 aliphatic rings. The van der Waals surface area contributed by atoms with Gasteiger partial charge in [-0.25, -0.2) is 0 Å². The summed E-state index contributed by atoms with van der Waals surface area (Å²) in [6, 6.07) is 18.1. The van der Waals surface area contributed by atoms with Gasteiger partial charge >= 0.3 is 5.97 Å². The lowest BCUT2D eigenvalue weighted by molar-refractivity contribution is -0.143. The molecule has 2 atom stereocenters. The van der Waals surface area contributed by atoms with E-state index in [0.717, 1.165) is 21.4 Å². The smallest absolute Gasteiger partial charge is 0.313 e. The van der Waals surface area contributed by atoms with Crippen LogP contribution in [0.5, 0.6) is 0 Å². The monoisotopic (exact) mass is 530 g/mol. The number of carbonyl (C=O) groups excluding carboxylic acids is 1. The van der Waals surface area contributed by atoms with Gasteiger partial charge in [0.15, 0.2) is 0 Å². The van der Waals surface area contributed by atoms with Gasteiger partial charge in [-0.1, -0.05) is 107 Å². The Hall–Kier alpha value is -1.85. The summed E-state index contributed by atoms with van der Waals surface area (Å²) in [6.45, 7) is 15.8. The van der Waals surface area contributed by atoms with E-state index in [1.807, 2.05) is 42.5 Å². The third kappa shape index (κ3) is 6.39. The van der Waals surface area contributed by atoms with Gasteiger partial charge in [-0.15, -0.1) is 0 Å². The predicted octanol–water partition coefficient (Wildman–Crippen LogP) is 8.58. The van der Waals surface area contributed by atoms with E-state index in [1.165, 1.54) is 7.11 Å². The minimum Gasteiger partial charge on any atom is -0.542 e. The fourth-order valence-corrected chi connectivity index (χ4v) is 10.7. The van der Waals surface area contributed by atoms with Crippen molar-refractivity contribution in [2.75, 3.05) is 7.11 Å². The molecule has 0 bridgehead atoms. The Kier molecular flexibility index (Phi) is 9.98. The number of methoxy groups -OCH3 is 1. The Balaban J connectivity index is 2.61. The summed E-state index contributed by atoms with van der Waals surface area (Å²) in [5.74, 6) is 0.0936. The maximum absolute atomic E-state index is 12.9. The van der Waals surface area contributed by atoms with Crippen molar-refractivity contribution in [3.63, 3.8) is 0 Å². The van der Waals surface area contributed by atoms with Crippen LogP contribution in [0.4, 0.5) is 0 Å². The van der Waals surface area contributed by atoms with E-state index < -0.39 is 14.2 Å². The van der Waals surface area contributed by atoms with E-state index in [0.29, 0.717) is 16.6 Å². The van der Waals surface area contributed by atoms with Gasteiger partial charge in [0.2, 0.25) is 0 Å². The summed E-state index contributed by atoms with van der Waals surface area (Å²) in [7, 11) is -0.736. The number of carbonyl (C=O) groups is 1. The Morgan fingerprint density at radius 3 is 1.82 bits per heavy atom. The zero-order chi connectivity index (χ0) is 24.8. The van der Waals surface area contributed by atoms with Gasteiger partial charge in [0.05, 0.1) is 13.0 Å². The Labute approximate surface area is 209 Å². The molecule has 0 aliphatic heterocycles. The van der Waals surface area contributed by atoms with E-state index in [9.17, 15) is 4.79 Å². The first-order chi connectivity index (χ1) is 15.5. The molecule has 0 fully saturated rings. The van der Waals surface area contributed by atoms with Crippen LogP contribution in [0.25, 0.3) is 5.76 Å². The fourth-order valence-electron chi connectivity index (χ4n) is 5.12. The molecule has 2 rings (SSSR count). The number of hydrogen-bond donors (Lipinski definition) is 0. The molecule has 0 spiro atoms. The molecule has 0 saturated carbocycles. The highest BCUT2D eigenvalue weighted by molar-refractivity contribution is 9.10. The van der Waals surface area contributed by atoms with Crippen LogP contribution in [0.2, 0.25) is 16.6 Å². The molecule has 3 nitrogen and oxygen atoms in total. The van der Waals surface area contributed by atoms with Gasteiger partial charge in [0, 0.05) is 10.0 Å². The first-order valence-electron chi connectivity index (χ1n) is 11.8. The molecule has 0 aromatic heterocycles. The average molecular weight is 532 g/mol. The summed E-state index contributed by atoms with van der Waals surface area (Å²) >= 11 is 3.49. The van der Waals surface area contributed by atoms with Crippen molar-refractivity contribution in [1.29, 1.82) is 0 Å². The van der Waals surface area contributed by atoms with Crippen LogP contribution in [0.3, 0.4) is 0 Å². The number of benzene rings is 2. The van der Waals surface area contributed by atoms with Crippen molar-refractivity contribution in [3.05, 3.63) is 76.3 Å². The van der Waals surface area contributed by atoms with Crippen LogP contribution in [0, 0.1) is 5.92 Å². The van der Waals surface area contributed by atoms with E-state index in [4.69, 9.17) is 9.16 Å². The number of allylic oxidation sites excluding steroid dienone is 1. The summed E-state index contributed by atoms with van der Waals surface area (Å²) < 4.78 is 13.3. The third-order valence-electron chi connectivity index (χ3n) is 6.68. The molecule has 0 aliphatic carbocycles. The number of halogens is 1. The van der Waals surface area contributed by atoms with Crippen LogP contribution in [0.15, 0.2) is 65.1 Å². The molecule has 2 aromatic rings. The Morgan fingerprint density at radius 2 is 1.36 bits per heavy atom. The lowest BCUT2D eigenvalue weighted by atomic mass is 9.86. The summed E-state index contributed by atoms with van der Waals surface area (Å²) in [5, 5.41) is 0.